The molecule has 4 rings (SSSR count). The standard InChI is InChI=1S/C17H13BrN2O3/c1-20-13-5-3-2-4-11(13)17(23,16(20)22)14-10-8-9(18)6-7-12(10)19-15(14)21/h2-8,14,23H,1H3,(H,19,21)/t14-,17-/m1/s1. The summed E-state index contributed by atoms with van der Waals surface area (Å²) in [6.07, 6.45) is 0. The second kappa shape index (κ2) is 4.66. The number of nitrogens with one attached hydrogen (secondary N) is 1. The van der Waals surface area contributed by atoms with Crippen LogP contribution in [0, 0.1) is 0 Å². The normalized spacial score (nSPS) is 25.3. The minimum absolute atomic E-state index is 0.376. The molecule has 116 valence electrons. The number of halogens is 1. The lowest BCUT2D eigenvalue weighted by Crippen LogP contribution is -2.45. The van der Waals surface area contributed by atoms with E-state index in [2.05, 4.69) is 21.2 Å². The van der Waals surface area contributed by atoms with Gasteiger partial charge >= 0.3 is 0 Å². The third-order valence-electron chi connectivity index (χ3n) is 4.57. The fraction of sp³-hybridized carbons (Fsp3) is 0.176. The third-order valence-corrected chi connectivity index (χ3v) is 5.06. The van der Waals surface area contributed by atoms with Crippen LogP contribution >= 0.6 is 15.9 Å². The predicted octanol–water partition coefficient (Wildman–Crippen LogP) is 2.35. The van der Waals surface area contributed by atoms with E-state index in [1.54, 1.807) is 43.4 Å². The van der Waals surface area contributed by atoms with Gasteiger partial charge in [-0.2, -0.15) is 0 Å². The van der Waals surface area contributed by atoms with E-state index < -0.39 is 17.4 Å². The number of hydrogen-bond donors (Lipinski definition) is 2. The number of rotatable bonds is 1. The molecule has 0 radical (unpaired) electrons. The zero-order valence-corrected chi connectivity index (χ0v) is 13.8. The largest absolute Gasteiger partial charge is 0.374 e. The Kier molecular flexibility index (Phi) is 2.92. The smallest absolute Gasteiger partial charge is 0.264 e. The highest BCUT2D eigenvalue weighted by Crippen LogP contribution is 2.51. The number of hydrogen-bond acceptors (Lipinski definition) is 3. The molecule has 0 bridgehead atoms. The van der Waals surface area contributed by atoms with E-state index in [-0.39, 0.29) is 5.91 Å². The maximum Gasteiger partial charge on any atom is 0.264 e. The van der Waals surface area contributed by atoms with Crippen LogP contribution in [0.1, 0.15) is 17.0 Å². The zero-order valence-electron chi connectivity index (χ0n) is 12.2. The van der Waals surface area contributed by atoms with E-state index in [1.807, 2.05) is 6.07 Å². The van der Waals surface area contributed by atoms with Crippen molar-refractivity contribution in [1.82, 2.24) is 0 Å². The molecule has 2 aromatic rings. The number of benzene rings is 2. The topological polar surface area (TPSA) is 69.6 Å². The first-order valence-corrected chi connectivity index (χ1v) is 7.94. The van der Waals surface area contributed by atoms with Crippen molar-refractivity contribution >= 4 is 39.1 Å². The summed E-state index contributed by atoms with van der Waals surface area (Å²) in [6.45, 7) is 0. The van der Waals surface area contributed by atoms with Crippen LogP contribution in [0.25, 0.3) is 0 Å². The summed E-state index contributed by atoms with van der Waals surface area (Å²) in [7, 11) is 1.60. The quantitative estimate of drug-likeness (QED) is 0.807. The van der Waals surface area contributed by atoms with Crippen LogP contribution in [-0.4, -0.2) is 24.0 Å². The number of nitrogens with zero attached hydrogens (tertiary/aromatic N) is 1. The Morgan fingerprint density at radius 2 is 1.96 bits per heavy atom. The summed E-state index contributed by atoms with van der Waals surface area (Å²) in [5.74, 6) is -1.85. The van der Waals surface area contributed by atoms with Gasteiger partial charge in [0.25, 0.3) is 5.91 Å². The predicted molar refractivity (Wildman–Crippen MR) is 89.3 cm³/mol. The second-order valence-electron chi connectivity index (χ2n) is 5.80. The molecule has 0 aromatic heterocycles. The van der Waals surface area contributed by atoms with Crippen molar-refractivity contribution < 1.29 is 14.7 Å². The number of carbonyl (C=O) groups excluding carboxylic acids is 2. The van der Waals surface area contributed by atoms with Gasteiger partial charge < -0.3 is 15.3 Å². The van der Waals surface area contributed by atoms with Gasteiger partial charge in [-0.1, -0.05) is 34.1 Å². The summed E-state index contributed by atoms with van der Waals surface area (Å²) in [5, 5.41) is 14.1. The van der Waals surface area contributed by atoms with Gasteiger partial charge in [-0.25, -0.2) is 0 Å². The summed E-state index contributed by atoms with van der Waals surface area (Å²) in [6, 6.07) is 12.3. The summed E-state index contributed by atoms with van der Waals surface area (Å²) < 4.78 is 0.786. The highest BCUT2D eigenvalue weighted by atomic mass is 79.9. The summed E-state index contributed by atoms with van der Waals surface area (Å²) in [4.78, 5) is 26.7. The molecule has 5 nitrogen and oxygen atoms in total. The van der Waals surface area contributed by atoms with Crippen LogP contribution in [0.15, 0.2) is 46.9 Å². The number of aliphatic hydroxyl groups is 1. The van der Waals surface area contributed by atoms with Crippen molar-refractivity contribution in [3.8, 4) is 0 Å². The van der Waals surface area contributed by atoms with Gasteiger partial charge in [0.2, 0.25) is 5.91 Å². The Bertz CT molecular complexity index is 867. The Hall–Kier alpha value is -2.18. The number of amides is 2. The first-order valence-electron chi connectivity index (χ1n) is 7.15. The molecule has 2 aromatic carbocycles. The van der Waals surface area contributed by atoms with Gasteiger partial charge in [-0.05, 0) is 29.8 Å². The van der Waals surface area contributed by atoms with Crippen LogP contribution in [0.5, 0.6) is 0 Å². The van der Waals surface area contributed by atoms with E-state index in [1.165, 1.54) is 4.90 Å². The van der Waals surface area contributed by atoms with E-state index in [0.717, 1.165) is 4.47 Å². The number of para-hydroxylation sites is 1. The Balaban J connectivity index is 1.96. The molecule has 6 heteroatoms. The SMILES string of the molecule is CN1C(=O)[C@](O)([C@H]2C(=O)Nc3ccc(Br)cc32)c2ccccc21. The molecule has 0 saturated carbocycles. The molecule has 0 aliphatic carbocycles. The van der Waals surface area contributed by atoms with Crippen molar-refractivity contribution in [2.75, 3.05) is 17.3 Å². The van der Waals surface area contributed by atoms with Crippen molar-refractivity contribution in [1.29, 1.82) is 0 Å². The minimum atomic E-state index is -1.90. The van der Waals surface area contributed by atoms with Crippen LogP contribution in [0.3, 0.4) is 0 Å². The van der Waals surface area contributed by atoms with Crippen LogP contribution < -0.4 is 10.2 Å². The fourth-order valence-corrected chi connectivity index (χ4v) is 3.87. The van der Waals surface area contributed by atoms with Crippen molar-refractivity contribution in [2.24, 2.45) is 0 Å². The number of likely N-dealkylation sites (N-methyl/N-ethyl adjacent to an activating group) is 1. The van der Waals surface area contributed by atoms with Crippen LogP contribution in [0.2, 0.25) is 0 Å². The van der Waals surface area contributed by atoms with Crippen molar-refractivity contribution in [3.05, 3.63) is 58.1 Å². The lowest BCUT2D eigenvalue weighted by Gasteiger charge is -2.27. The molecule has 0 unspecified atom stereocenters. The van der Waals surface area contributed by atoms with Gasteiger partial charge in [0.15, 0.2) is 5.60 Å². The van der Waals surface area contributed by atoms with Gasteiger partial charge in [-0.3, -0.25) is 9.59 Å². The van der Waals surface area contributed by atoms with E-state index >= 15 is 0 Å². The summed E-state index contributed by atoms with van der Waals surface area (Å²) >= 11 is 3.38. The summed E-state index contributed by atoms with van der Waals surface area (Å²) in [5.41, 5.74) is 0.417. The van der Waals surface area contributed by atoms with Crippen molar-refractivity contribution in [3.63, 3.8) is 0 Å². The molecule has 0 saturated heterocycles. The van der Waals surface area contributed by atoms with E-state index in [0.29, 0.717) is 22.5 Å². The molecule has 2 heterocycles. The Labute approximate surface area is 141 Å². The molecular weight excluding hydrogens is 360 g/mol. The highest BCUT2D eigenvalue weighted by Gasteiger charge is 2.58. The molecule has 23 heavy (non-hydrogen) atoms. The first-order chi connectivity index (χ1) is 10.9. The van der Waals surface area contributed by atoms with Gasteiger partial charge in [0, 0.05) is 22.8 Å². The molecule has 2 aliphatic rings. The van der Waals surface area contributed by atoms with Crippen LogP contribution in [0.4, 0.5) is 11.4 Å². The molecule has 0 fully saturated rings. The maximum absolute atomic E-state index is 12.8. The van der Waals surface area contributed by atoms with E-state index in [9.17, 15) is 14.7 Å². The second-order valence-corrected chi connectivity index (χ2v) is 6.72. The van der Waals surface area contributed by atoms with Crippen LogP contribution in [-0.2, 0) is 15.2 Å². The first kappa shape index (κ1) is 14.4. The molecule has 2 N–H and O–H groups in total. The molecule has 2 aliphatic heterocycles. The molecule has 0 spiro atoms. The minimum Gasteiger partial charge on any atom is -0.374 e. The molecule has 2 atom stereocenters. The highest BCUT2D eigenvalue weighted by molar-refractivity contribution is 9.10. The van der Waals surface area contributed by atoms with Gasteiger partial charge in [-0.15, -0.1) is 0 Å². The number of fused-ring (bicyclic) bond motifs is 2. The molecule has 2 amide bonds. The van der Waals surface area contributed by atoms with Gasteiger partial charge in [0.05, 0.1) is 5.69 Å². The monoisotopic (exact) mass is 372 g/mol. The number of carbonyl (C=O) groups is 2. The van der Waals surface area contributed by atoms with Gasteiger partial charge in [0.1, 0.15) is 5.92 Å². The maximum atomic E-state index is 12.8. The average molecular weight is 373 g/mol. The van der Waals surface area contributed by atoms with Crippen molar-refractivity contribution in [2.45, 2.75) is 11.5 Å². The molecular formula is C17H13BrN2O3. The lowest BCUT2D eigenvalue weighted by atomic mass is 9.78. The Morgan fingerprint density at radius 1 is 1.22 bits per heavy atom. The third kappa shape index (κ3) is 1.76. The van der Waals surface area contributed by atoms with E-state index in [4.69, 9.17) is 0 Å². The fourth-order valence-electron chi connectivity index (χ4n) is 3.49. The Morgan fingerprint density at radius 3 is 2.74 bits per heavy atom. The average Bonchev–Trinajstić information content (AvgIpc) is 2.96. The lowest BCUT2D eigenvalue weighted by molar-refractivity contribution is -0.143. The number of anilines is 2. The zero-order chi connectivity index (χ0) is 16.4.